The van der Waals surface area contributed by atoms with Gasteiger partial charge >= 0.3 is 6.61 Å². The molecule has 5 heteroatoms. The second kappa shape index (κ2) is 4.70. The van der Waals surface area contributed by atoms with Gasteiger partial charge in [0.15, 0.2) is 5.78 Å². The molecule has 0 radical (unpaired) electrons. The summed E-state index contributed by atoms with van der Waals surface area (Å²) < 4.78 is 28.8. The zero-order chi connectivity index (χ0) is 11.6. The van der Waals surface area contributed by atoms with Gasteiger partial charge in [0.25, 0.3) is 0 Å². The molecule has 0 unspecified atom stereocenters. The number of carbonyl (C=O) groups excluding carboxylic acids is 1. The van der Waals surface area contributed by atoms with Gasteiger partial charge < -0.3 is 4.74 Å². The molecule has 0 saturated heterocycles. The lowest BCUT2D eigenvalue weighted by Gasteiger charge is -2.11. The zero-order valence-electron chi connectivity index (χ0n) is 8.18. The summed E-state index contributed by atoms with van der Waals surface area (Å²) in [4.78, 5) is 11.3. The fraction of sp³-hybridized carbons (Fsp3) is 0.300. The Balaban J connectivity index is 3.27. The van der Waals surface area contributed by atoms with E-state index in [0.717, 1.165) is 5.56 Å². The van der Waals surface area contributed by atoms with Gasteiger partial charge in [0.1, 0.15) is 5.75 Å². The van der Waals surface area contributed by atoms with Crippen molar-refractivity contribution in [3.05, 3.63) is 27.7 Å². The van der Waals surface area contributed by atoms with Gasteiger partial charge in [-0.15, -0.1) is 0 Å². The Morgan fingerprint density at radius 2 is 2.07 bits per heavy atom. The van der Waals surface area contributed by atoms with Crippen molar-refractivity contribution < 1.29 is 18.3 Å². The number of aryl methyl sites for hydroxylation is 1. The van der Waals surface area contributed by atoms with Crippen LogP contribution in [0.2, 0.25) is 0 Å². The summed E-state index contributed by atoms with van der Waals surface area (Å²) in [5, 5.41) is 0. The van der Waals surface area contributed by atoms with Gasteiger partial charge in [-0.2, -0.15) is 8.78 Å². The predicted octanol–water partition coefficient (Wildman–Crippen LogP) is 3.56. The molecule has 1 aromatic carbocycles. The number of ether oxygens (including phenoxy) is 1. The van der Waals surface area contributed by atoms with Crippen molar-refractivity contribution in [2.24, 2.45) is 0 Å². The third kappa shape index (κ3) is 2.75. The number of halogens is 3. The molecule has 0 fully saturated rings. The highest BCUT2D eigenvalue weighted by Gasteiger charge is 2.17. The average molecular weight is 279 g/mol. The number of rotatable bonds is 3. The standard InChI is InChI=1S/C10H9BrF2O2/c1-5-3-4-7(15-10(12)13)8(6(2)14)9(5)11/h3-4,10H,1-2H3. The summed E-state index contributed by atoms with van der Waals surface area (Å²) in [5.74, 6) is -0.420. The zero-order valence-corrected chi connectivity index (χ0v) is 9.77. The maximum atomic E-state index is 12.0. The quantitative estimate of drug-likeness (QED) is 0.791. The van der Waals surface area contributed by atoms with Crippen LogP contribution in [0.15, 0.2) is 16.6 Å². The molecular formula is C10H9BrF2O2. The lowest BCUT2D eigenvalue weighted by molar-refractivity contribution is -0.0501. The van der Waals surface area contributed by atoms with Crippen molar-refractivity contribution in [2.45, 2.75) is 20.5 Å². The summed E-state index contributed by atoms with van der Waals surface area (Å²) in [6.07, 6.45) is 0. The minimum Gasteiger partial charge on any atom is -0.434 e. The van der Waals surface area contributed by atoms with Crippen LogP contribution in [0.1, 0.15) is 22.8 Å². The molecule has 15 heavy (non-hydrogen) atoms. The Hall–Kier alpha value is -0.970. The molecule has 1 aromatic rings. The molecule has 2 nitrogen and oxygen atoms in total. The molecule has 82 valence electrons. The van der Waals surface area contributed by atoms with E-state index in [9.17, 15) is 13.6 Å². The summed E-state index contributed by atoms with van der Waals surface area (Å²) >= 11 is 3.18. The maximum absolute atomic E-state index is 12.0. The van der Waals surface area contributed by atoms with Crippen molar-refractivity contribution in [3.8, 4) is 5.75 Å². The van der Waals surface area contributed by atoms with Crippen LogP contribution in [0.25, 0.3) is 0 Å². The Bertz CT molecular complexity index is 391. The smallest absolute Gasteiger partial charge is 0.387 e. The van der Waals surface area contributed by atoms with Crippen LogP contribution in [0.3, 0.4) is 0 Å². The molecule has 0 amide bonds. The van der Waals surface area contributed by atoms with Crippen LogP contribution in [-0.2, 0) is 0 Å². The molecule has 0 spiro atoms. The SMILES string of the molecule is CC(=O)c1c(OC(F)F)ccc(C)c1Br. The fourth-order valence-corrected chi connectivity index (χ4v) is 1.79. The molecular weight excluding hydrogens is 270 g/mol. The van der Waals surface area contributed by atoms with E-state index in [1.54, 1.807) is 13.0 Å². The molecule has 0 aromatic heterocycles. The van der Waals surface area contributed by atoms with Crippen LogP contribution < -0.4 is 4.74 Å². The first kappa shape index (κ1) is 12.1. The average Bonchev–Trinajstić information content (AvgIpc) is 2.10. The van der Waals surface area contributed by atoms with E-state index >= 15 is 0 Å². The highest BCUT2D eigenvalue weighted by atomic mass is 79.9. The van der Waals surface area contributed by atoms with E-state index in [2.05, 4.69) is 20.7 Å². The first-order valence-electron chi connectivity index (χ1n) is 4.18. The normalized spacial score (nSPS) is 10.5. The number of Topliss-reactive ketones (excluding diaryl/α,β-unsaturated/α-hetero) is 1. The van der Waals surface area contributed by atoms with Gasteiger partial charge in [-0.1, -0.05) is 6.07 Å². The Morgan fingerprint density at radius 3 is 2.53 bits per heavy atom. The number of hydrogen-bond donors (Lipinski definition) is 0. The number of ketones is 1. The van der Waals surface area contributed by atoms with Gasteiger partial charge in [0.2, 0.25) is 0 Å². The molecule has 0 aliphatic carbocycles. The summed E-state index contributed by atoms with van der Waals surface area (Å²) in [6.45, 7) is 0.137. The van der Waals surface area contributed by atoms with Crippen molar-refractivity contribution in [1.82, 2.24) is 0 Å². The predicted molar refractivity (Wildman–Crippen MR) is 55.5 cm³/mol. The minimum absolute atomic E-state index is 0.102. The van der Waals surface area contributed by atoms with Crippen LogP contribution in [0.4, 0.5) is 8.78 Å². The van der Waals surface area contributed by atoms with Crippen molar-refractivity contribution in [3.63, 3.8) is 0 Å². The van der Waals surface area contributed by atoms with E-state index in [1.807, 2.05) is 0 Å². The molecule has 0 N–H and O–H groups in total. The number of benzene rings is 1. The van der Waals surface area contributed by atoms with Crippen molar-refractivity contribution in [2.75, 3.05) is 0 Å². The summed E-state index contributed by atoms with van der Waals surface area (Å²) in [6, 6.07) is 2.97. The second-order valence-electron chi connectivity index (χ2n) is 3.00. The van der Waals surface area contributed by atoms with E-state index in [0.29, 0.717) is 4.47 Å². The molecule has 0 saturated carbocycles. The van der Waals surface area contributed by atoms with Crippen LogP contribution in [-0.4, -0.2) is 12.4 Å². The van der Waals surface area contributed by atoms with Gasteiger partial charge in [0, 0.05) is 4.47 Å². The second-order valence-corrected chi connectivity index (χ2v) is 3.80. The first-order valence-corrected chi connectivity index (χ1v) is 4.97. The van der Waals surface area contributed by atoms with Crippen LogP contribution in [0.5, 0.6) is 5.75 Å². The Labute approximate surface area is 94.4 Å². The van der Waals surface area contributed by atoms with E-state index in [-0.39, 0.29) is 17.1 Å². The maximum Gasteiger partial charge on any atom is 0.387 e. The fourth-order valence-electron chi connectivity index (χ4n) is 1.18. The largest absolute Gasteiger partial charge is 0.434 e. The van der Waals surface area contributed by atoms with Gasteiger partial charge in [-0.05, 0) is 41.4 Å². The molecule has 0 bridgehead atoms. The number of hydrogen-bond acceptors (Lipinski definition) is 2. The third-order valence-corrected chi connectivity index (χ3v) is 2.89. The first-order chi connectivity index (χ1) is 6.93. The topological polar surface area (TPSA) is 26.3 Å². The van der Waals surface area contributed by atoms with Crippen LogP contribution in [0, 0.1) is 6.92 Å². The highest BCUT2D eigenvalue weighted by Crippen LogP contribution is 2.31. The third-order valence-electron chi connectivity index (χ3n) is 1.86. The van der Waals surface area contributed by atoms with Crippen LogP contribution >= 0.6 is 15.9 Å². The molecule has 1 rings (SSSR count). The van der Waals surface area contributed by atoms with Crippen molar-refractivity contribution >= 4 is 21.7 Å². The molecule has 0 heterocycles. The molecule has 0 aliphatic rings. The van der Waals surface area contributed by atoms with Gasteiger partial charge in [-0.3, -0.25) is 4.79 Å². The molecule has 0 atom stereocenters. The van der Waals surface area contributed by atoms with Gasteiger partial charge in [-0.25, -0.2) is 0 Å². The lowest BCUT2D eigenvalue weighted by Crippen LogP contribution is -2.07. The van der Waals surface area contributed by atoms with Crippen molar-refractivity contribution in [1.29, 1.82) is 0 Å². The van der Waals surface area contributed by atoms with E-state index in [4.69, 9.17) is 0 Å². The number of carbonyl (C=O) groups is 1. The number of alkyl halides is 2. The monoisotopic (exact) mass is 278 g/mol. The van der Waals surface area contributed by atoms with E-state index in [1.165, 1.54) is 13.0 Å². The highest BCUT2D eigenvalue weighted by molar-refractivity contribution is 9.10. The van der Waals surface area contributed by atoms with E-state index < -0.39 is 6.61 Å². The summed E-state index contributed by atoms with van der Waals surface area (Å²) in [7, 11) is 0. The summed E-state index contributed by atoms with van der Waals surface area (Å²) in [5.41, 5.74) is 0.942. The molecule has 0 aliphatic heterocycles. The Kier molecular flexibility index (Phi) is 3.79. The minimum atomic E-state index is -2.93. The lowest BCUT2D eigenvalue weighted by atomic mass is 10.1. The van der Waals surface area contributed by atoms with Gasteiger partial charge in [0.05, 0.1) is 5.56 Å². The Morgan fingerprint density at radius 1 is 1.47 bits per heavy atom.